The molecule has 0 aliphatic rings. The lowest BCUT2D eigenvalue weighted by Crippen LogP contribution is -2.30. The van der Waals surface area contributed by atoms with Crippen molar-refractivity contribution < 1.29 is 23.8 Å². The first-order chi connectivity index (χ1) is 30.6. The Hall–Kier alpha value is -3.96. The van der Waals surface area contributed by atoms with Gasteiger partial charge in [0, 0.05) is 19.4 Å². The number of allylic oxidation sites excluding steroid dienone is 22. The van der Waals surface area contributed by atoms with E-state index in [4.69, 9.17) is 14.2 Å². The van der Waals surface area contributed by atoms with E-state index in [1.807, 2.05) is 6.08 Å². The molecule has 0 aromatic heterocycles. The Morgan fingerprint density at radius 3 is 1.23 bits per heavy atom. The number of hydrogen-bond acceptors (Lipinski definition) is 5. The number of unbranched alkanes of at least 4 members (excludes halogenated alkanes) is 10. The number of hydrogen-bond donors (Lipinski definition) is 0. The average molecular weight is 855 g/mol. The predicted molar refractivity (Wildman–Crippen MR) is 269 cm³/mol. The number of rotatable bonds is 43. The van der Waals surface area contributed by atoms with Crippen molar-refractivity contribution in [1.29, 1.82) is 0 Å². The van der Waals surface area contributed by atoms with Gasteiger partial charge in [-0.15, -0.1) is 0 Å². The van der Waals surface area contributed by atoms with Crippen LogP contribution in [0.25, 0.3) is 0 Å². The Labute approximate surface area is 381 Å². The molecule has 0 fully saturated rings. The fraction of sp³-hybridized carbons (Fsp3) is 0.579. The topological polar surface area (TPSA) is 61.8 Å². The summed E-state index contributed by atoms with van der Waals surface area (Å²) in [7, 11) is 0. The lowest BCUT2D eigenvalue weighted by atomic mass is 10.1. The Kier molecular flexibility index (Phi) is 48.1. The lowest BCUT2D eigenvalue weighted by Gasteiger charge is -2.18. The van der Waals surface area contributed by atoms with Gasteiger partial charge in [-0.05, 0) is 116 Å². The second kappa shape index (κ2) is 51.4. The van der Waals surface area contributed by atoms with Crippen LogP contribution in [-0.4, -0.2) is 37.9 Å². The van der Waals surface area contributed by atoms with E-state index in [1.165, 1.54) is 51.4 Å². The third-order valence-corrected chi connectivity index (χ3v) is 9.66. The summed E-state index contributed by atoms with van der Waals surface area (Å²) in [4.78, 5) is 25.3. The maximum atomic E-state index is 12.7. The first-order valence-corrected chi connectivity index (χ1v) is 24.7. The molecule has 0 N–H and O–H groups in total. The molecule has 0 heterocycles. The molecule has 348 valence electrons. The molecule has 0 aliphatic carbocycles. The molecule has 0 saturated carbocycles. The normalized spacial score (nSPS) is 13.4. The van der Waals surface area contributed by atoms with Crippen LogP contribution < -0.4 is 0 Å². The third-order valence-electron chi connectivity index (χ3n) is 9.66. The molecule has 0 bridgehead atoms. The average Bonchev–Trinajstić information content (AvgIpc) is 3.27. The van der Waals surface area contributed by atoms with Gasteiger partial charge in [-0.1, -0.05) is 193 Å². The van der Waals surface area contributed by atoms with Crippen molar-refractivity contribution >= 4 is 11.9 Å². The van der Waals surface area contributed by atoms with Crippen molar-refractivity contribution in [2.75, 3.05) is 19.8 Å². The SMILES string of the molecule is CC/C=C\C/C=C\C/C=C\C/C=C\C/C=C\CCCC(=O)OCC(COCCCCCCCC/C=C\C/C=C\CCCCC)OC(=O)CC/C=C\C/C=C\C/C=C\C/C=C\CC. The highest BCUT2D eigenvalue weighted by Gasteiger charge is 2.17. The van der Waals surface area contributed by atoms with E-state index in [-0.39, 0.29) is 31.6 Å². The molecule has 1 atom stereocenters. The van der Waals surface area contributed by atoms with Gasteiger partial charge in [-0.25, -0.2) is 0 Å². The third kappa shape index (κ3) is 48.7. The van der Waals surface area contributed by atoms with Crippen LogP contribution in [0.4, 0.5) is 0 Å². The molecular formula is C57H90O5. The van der Waals surface area contributed by atoms with Crippen molar-refractivity contribution in [3.8, 4) is 0 Å². The number of ether oxygens (including phenoxy) is 3. The van der Waals surface area contributed by atoms with Gasteiger partial charge in [0.1, 0.15) is 6.61 Å². The summed E-state index contributed by atoms with van der Waals surface area (Å²) in [6.07, 6.45) is 73.3. The maximum Gasteiger partial charge on any atom is 0.306 e. The van der Waals surface area contributed by atoms with Gasteiger partial charge < -0.3 is 14.2 Å². The minimum atomic E-state index is -0.612. The Balaban J connectivity index is 4.49. The molecule has 0 amide bonds. The Morgan fingerprint density at radius 1 is 0.371 bits per heavy atom. The van der Waals surface area contributed by atoms with E-state index >= 15 is 0 Å². The van der Waals surface area contributed by atoms with Crippen molar-refractivity contribution in [3.05, 3.63) is 134 Å². The molecule has 5 heteroatoms. The molecule has 0 aromatic rings. The molecule has 1 unspecified atom stereocenters. The molecule has 5 nitrogen and oxygen atoms in total. The summed E-state index contributed by atoms with van der Waals surface area (Å²) >= 11 is 0. The van der Waals surface area contributed by atoms with E-state index in [0.717, 1.165) is 89.9 Å². The summed E-state index contributed by atoms with van der Waals surface area (Å²) in [5.74, 6) is -0.576. The van der Waals surface area contributed by atoms with Crippen LogP contribution in [0, 0.1) is 0 Å². The Morgan fingerprint density at radius 2 is 0.758 bits per heavy atom. The van der Waals surface area contributed by atoms with Gasteiger partial charge in [0.05, 0.1) is 6.61 Å². The van der Waals surface area contributed by atoms with E-state index in [1.54, 1.807) is 0 Å². The summed E-state index contributed by atoms with van der Waals surface area (Å²) in [6.45, 7) is 7.38. The first kappa shape index (κ1) is 58.0. The minimum absolute atomic E-state index is 0.0138. The van der Waals surface area contributed by atoms with Gasteiger partial charge >= 0.3 is 11.9 Å². The van der Waals surface area contributed by atoms with Crippen molar-refractivity contribution in [1.82, 2.24) is 0 Å². The molecular weight excluding hydrogens is 765 g/mol. The quantitative estimate of drug-likeness (QED) is 0.0347. The van der Waals surface area contributed by atoms with Crippen LogP contribution in [0.1, 0.15) is 188 Å². The van der Waals surface area contributed by atoms with Gasteiger partial charge in [0.15, 0.2) is 6.10 Å². The standard InChI is InChI=1S/C57H90O5/c1-4-7-10-13-16-19-22-25-27-29-30-33-35-38-41-44-47-50-56(58)61-54-55(62-57(59)51-48-45-42-39-36-32-24-21-18-15-12-9-6-3)53-60-52-49-46-43-40-37-34-31-28-26-23-20-17-14-11-8-5-2/h7,9-10,12,16-21,25-28,30,32-33,36,38,41-42,45,55H,4-6,8,11,13-15,22-24,29,31,34-35,37,39-40,43-44,46-54H2,1-3H3/b10-7-,12-9-,19-16-,20-17-,21-18-,27-25-,28-26-,33-30-,36-32-,41-38-,45-42-. The highest BCUT2D eigenvalue weighted by molar-refractivity contribution is 5.70. The summed E-state index contributed by atoms with van der Waals surface area (Å²) in [6, 6.07) is 0. The van der Waals surface area contributed by atoms with E-state index in [2.05, 4.69) is 148 Å². The molecule has 62 heavy (non-hydrogen) atoms. The van der Waals surface area contributed by atoms with Crippen molar-refractivity contribution in [3.63, 3.8) is 0 Å². The summed E-state index contributed by atoms with van der Waals surface area (Å²) in [5.41, 5.74) is 0. The van der Waals surface area contributed by atoms with Gasteiger partial charge in [0.25, 0.3) is 0 Å². The van der Waals surface area contributed by atoms with Gasteiger partial charge in [0.2, 0.25) is 0 Å². The second-order valence-corrected chi connectivity index (χ2v) is 15.6. The van der Waals surface area contributed by atoms with Crippen LogP contribution >= 0.6 is 0 Å². The number of carbonyl (C=O) groups excluding carboxylic acids is 2. The van der Waals surface area contributed by atoms with Gasteiger partial charge in [-0.2, -0.15) is 0 Å². The number of esters is 2. The second-order valence-electron chi connectivity index (χ2n) is 15.6. The van der Waals surface area contributed by atoms with Crippen LogP contribution in [0.5, 0.6) is 0 Å². The summed E-state index contributed by atoms with van der Waals surface area (Å²) < 4.78 is 17.2. The van der Waals surface area contributed by atoms with E-state index in [9.17, 15) is 9.59 Å². The smallest absolute Gasteiger partial charge is 0.306 e. The first-order valence-electron chi connectivity index (χ1n) is 24.7. The Bertz CT molecular complexity index is 1330. The summed E-state index contributed by atoms with van der Waals surface area (Å²) in [5, 5.41) is 0. The molecule has 0 aromatic carbocycles. The van der Waals surface area contributed by atoms with Crippen LogP contribution in [0.2, 0.25) is 0 Å². The molecule has 0 aliphatic heterocycles. The van der Waals surface area contributed by atoms with Crippen molar-refractivity contribution in [2.24, 2.45) is 0 Å². The van der Waals surface area contributed by atoms with Gasteiger partial charge in [-0.3, -0.25) is 9.59 Å². The highest BCUT2D eigenvalue weighted by atomic mass is 16.6. The molecule has 0 spiro atoms. The zero-order valence-corrected chi connectivity index (χ0v) is 39.8. The fourth-order valence-electron chi connectivity index (χ4n) is 6.06. The van der Waals surface area contributed by atoms with E-state index in [0.29, 0.717) is 25.9 Å². The number of carbonyl (C=O) groups is 2. The zero-order chi connectivity index (χ0) is 44.9. The molecule has 0 radical (unpaired) electrons. The minimum Gasteiger partial charge on any atom is -0.462 e. The van der Waals surface area contributed by atoms with Crippen LogP contribution in [0.15, 0.2) is 134 Å². The highest BCUT2D eigenvalue weighted by Crippen LogP contribution is 2.10. The van der Waals surface area contributed by atoms with Crippen molar-refractivity contribution in [2.45, 2.75) is 194 Å². The predicted octanol–water partition coefficient (Wildman–Crippen LogP) is 16.8. The van der Waals surface area contributed by atoms with E-state index < -0.39 is 6.10 Å². The monoisotopic (exact) mass is 855 g/mol. The maximum absolute atomic E-state index is 12.7. The molecule has 0 rings (SSSR count). The van der Waals surface area contributed by atoms with Crippen LogP contribution in [0.3, 0.4) is 0 Å². The lowest BCUT2D eigenvalue weighted by molar-refractivity contribution is -0.162. The zero-order valence-electron chi connectivity index (χ0n) is 39.8. The fourth-order valence-corrected chi connectivity index (χ4v) is 6.06. The largest absolute Gasteiger partial charge is 0.462 e. The van der Waals surface area contributed by atoms with Crippen LogP contribution in [-0.2, 0) is 23.8 Å². The molecule has 0 saturated heterocycles.